The Morgan fingerprint density at radius 2 is 0.519 bits per heavy atom. The Morgan fingerprint density at radius 1 is 0.279 bits per heavy atom. The van der Waals surface area contributed by atoms with Crippen LogP contribution in [0.25, 0.3) is 0 Å². The number of ether oxygens (including phenoxy) is 4. The summed E-state index contributed by atoms with van der Waals surface area (Å²) in [6, 6.07) is 0. The fourth-order valence-corrected chi connectivity index (χ4v) is 12.0. The van der Waals surface area contributed by atoms with Gasteiger partial charge >= 0.3 is 39.5 Å². The van der Waals surface area contributed by atoms with E-state index in [1.165, 1.54) is 96.3 Å². The van der Waals surface area contributed by atoms with Gasteiger partial charge in [-0.25, -0.2) is 9.13 Å². The molecule has 104 heavy (non-hydrogen) atoms. The monoisotopic (exact) mass is 1500 g/mol. The van der Waals surface area contributed by atoms with E-state index < -0.39 is 97.5 Å². The van der Waals surface area contributed by atoms with Crippen LogP contribution in [0.3, 0.4) is 0 Å². The fraction of sp³-hybridized carbons (Fsp3) is 0.694. The molecule has 0 aromatic heterocycles. The quantitative estimate of drug-likeness (QED) is 0.0169. The Balaban J connectivity index is 5.46. The third kappa shape index (κ3) is 75.4. The molecule has 0 spiro atoms. The molecule has 0 bridgehead atoms. The van der Waals surface area contributed by atoms with Crippen molar-refractivity contribution >= 4 is 39.5 Å². The van der Waals surface area contributed by atoms with Crippen molar-refractivity contribution in [2.45, 2.75) is 341 Å². The lowest BCUT2D eigenvalue weighted by Crippen LogP contribution is -2.30. The Labute approximate surface area is 631 Å². The average Bonchev–Trinajstić information content (AvgIpc) is 0.907. The molecule has 19 heteroatoms. The molecule has 5 atom stereocenters. The molecule has 0 fully saturated rings. The number of allylic oxidation sites excluding steroid dienone is 22. The molecule has 0 amide bonds. The lowest BCUT2D eigenvalue weighted by Gasteiger charge is -2.21. The zero-order valence-corrected chi connectivity index (χ0v) is 66.9. The van der Waals surface area contributed by atoms with Crippen LogP contribution in [0, 0.1) is 0 Å². The number of hydrogen-bond donors (Lipinski definition) is 3. The van der Waals surface area contributed by atoms with Gasteiger partial charge in [-0.05, 0) is 135 Å². The van der Waals surface area contributed by atoms with Gasteiger partial charge in [0.2, 0.25) is 0 Å². The van der Waals surface area contributed by atoms with Crippen molar-refractivity contribution in [2.24, 2.45) is 0 Å². The Bertz CT molecular complexity index is 2490. The van der Waals surface area contributed by atoms with Gasteiger partial charge in [-0.1, -0.05) is 296 Å². The number of rotatable bonds is 75. The smallest absolute Gasteiger partial charge is 0.462 e. The molecule has 596 valence electrons. The van der Waals surface area contributed by atoms with E-state index in [0.29, 0.717) is 32.1 Å². The van der Waals surface area contributed by atoms with Gasteiger partial charge in [0.1, 0.15) is 19.3 Å². The first-order valence-electron chi connectivity index (χ1n) is 40.4. The van der Waals surface area contributed by atoms with Crippen molar-refractivity contribution in [1.29, 1.82) is 0 Å². The van der Waals surface area contributed by atoms with E-state index in [0.717, 1.165) is 141 Å². The third-order valence-electron chi connectivity index (χ3n) is 16.6. The van der Waals surface area contributed by atoms with Crippen LogP contribution >= 0.6 is 15.6 Å². The van der Waals surface area contributed by atoms with Gasteiger partial charge in [0.25, 0.3) is 0 Å². The molecule has 0 saturated heterocycles. The Hall–Kier alpha value is -4.80. The second kappa shape index (κ2) is 76.4. The zero-order valence-electron chi connectivity index (χ0n) is 65.2. The van der Waals surface area contributed by atoms with E-state index >= 15 is 0 Å². The predicted octanol–water partition coefficient (Wildman–Crippen LogP) is 23.7. The van der Waals surface area contributed by atoms with Crippen molar-refractivity contribution in [2.75, 3.05) is 39.6 Å². The lowest BCUT2D eigenvalue weighted by atomic mass is 10.0. The molecule has 0 radical (unpaired) electrons. The molecule has 0 aliphatic rings. The van der Waals surface area contributed by atoms with E-state index in [-0.39, 0.29) is 25.7 Å². The highest BCUT2D eigenvalue weighted by molar-refractivity contribution is 7.47. The number of aliphatic hydroxyl groups excluding tert-OH is 1. The maximum Gasteiger partial charge on any atom is 0.472 e. The molecule has 3 N–H and O–H groups in total. The van der Waals surface area contributed by atoms with Crippen LogP contribution in [0.4, 0.5) is 0 Å². The summed E-state index contributed by atoms with van der Waals surface area (Å²) in [6.45, 7) is 4.60. The molecular formula is C85H144O17P2. The molecule has 0 heterocycles. The van der Waals surface area contributed by atoms with Gasteiger partial charge in [-0.15, -0.1) is 0 Å². The maximum atomic E-state index is 13.1. The van der Waals surface area contributed by atoms with Gasteiger partial charge in [0.05, 0.1) is 26.4 Å². The van der Waals surface area contributed by atoms with Crippen LogP contribution in [0.15, 0.2) is 134 Å². The Kier molecular flexibility index (Phi) is 72.9. The summed E-state index contributed by atoms with van der Waals surface area (Å²) >= 11 is 0. The van der Waals surface area contributed by atoms with Gasteiger partial charge in [-0.2, -0.15) is 0 Å². The summed E-state index contributed by atoms with van der Waals surface area (Å²) in [7, 11) is -10.00. The number of phosphoric ester groups is 2. The van der Waals surface area contributed by atoms with Crippen LogP contribution in [0.1, 0.15) is 323 Å². The van der Waals surface area contributed by atoms with Gasteiger partial charge < -0.3 is 33.8 Å². The maximum absolute atomic E-state index is 13.1. The van der Waals surface area contributed by atoms with Gasteiger partial charge in [0.15, 0.2) is 12.2 Å². The minimum absolute atomic E-state index is 0.0299. The van der Waals surface area contributed by atoms with E-state index in [9.17, 15) is 43.2 Å². The minimum Gasteiger partial charge on any atom is -0.462 e. The second-order valence-electron chi connectivity index (χ2n) is 26.6. The first kappa shape index (κ1) is 99.2. The van der Waals surface area contributed by atoms with Crippen LogP contribution in [-0.4, -0.2) is 96.7 Å². The number of aliphatic hydroxyl groups is 1. The number of carbonyl (C=O) groups excluding carboxylic acids is 4. The highest BCUT2D eigenvalue weighted by atomic mass is 31.2. The van der Waals surface area contributed by atoms with E-state index in [4.69, 9.17) is 37.0 Å². The number of hydrogen-bond acceptors (Lipinski definition) is 15. The van der Waals surface area contributed by atoms with Crippen LogP contribution in [-0.2, 0) is 65.4 Å². The van der Waals surface area contributed by atoms with Crippen molar-refractivity contribution < 1.29 is 80.2 Å². The fourth-order valence-electron chi connectivity index (χ4n) is 10.5. The summed E-state index contributed by atoms with van der Waals surface area (Å²) in [6.07, 6.45) is 85.9. The predicted molar refractivity (Wildman–Crippen MR) is 427 cm³/mol. The normalized spacial score (nSPS) is 14.6. The summed E-state index contributed by atoms with van der Waals surface area (Å²) < 4.78 is 68.5. The number of carbonyl (C=O) groups is 4. The molecule has 0 aliphatic heterocycles. The first-order valence-corrected chi connectivity index (χ1v) is 43.4. The molecule has 0 aliphatic carbocycles. The third-order valence-corrected chi connectivity index (χ3v) is 18.5. The summed E-state index contributed by atoms with van der Waals surface area (Å²) in [5.74, 6) is -2.31. The summed E-state index contributed by atoms with van der Waals surface area (Å²) in [5, 5.41) is 10.6. The van der Waals surface area contributed by atoms with Crippen molar-refractivity contribution in [3.63, 3.8) is 0 Å². The molecule has 0 rings (SSSR count). The van der Waals surface area contributed by atoms with Crippen molar-refractivity contribution in [3.8, 4) is 0 Å². The molecule has 0 aromatic rings. The second-order valence-corrected chi connectivity index (χ2v) is 29.5. The molecular weight excluding hydrogens is 1350 g/mol. The van der Waals surface area contributed by atoms with Crippen LogP contribution in [0.2, 0.25) is 0 Å². The summed E-state index contributed by atoms with van der Waals surface area (Å²) in [4.78, 5) is 73.0. The highest BCUT2D eigenvalue weighted by Crippen LogP contribution is 2.45. The Morgan fingerprint density at radius 3 is 0.875 bits per heavy atom. The number of esters is 4. The molecule has 17 nitrogen and oxygen atoms in total. The van der Waals surface area contributed by atoms with Crippen molar-refractivity contribution in [3.05, 3.63) is 134 Å². The van der Waals surface area contributed by atoms with Crippen LogP contribution in [0.5, 0.6) is 0 Å². The van der Waals surface area contributed by atoms with E-state index in [1.54, 1.807) is 0 Å². The number of phosphoric acid groups is 2. The van der Waals surface area contributed by atoms with E-state index in [2.05, 4.69) is 143 Å². The van der Waals surface area contributed by atoms with Gasteiger partial charge in [0, 0.05) is 25.7 Å². The largest absolute Gasteiger partial charge is 0.472 e. The standard InChI is InChI=1S/C85H144O17P2/c1-5-9-13-17-21-25-29-33-35-37-39-41-43-47-51-55-59-63-67-71-84(89)101-80(75-95-82(87)69-65-61-57-53-49-45-31-27-23-19-15-11-7-3)77-99-103(91,92)97-73-79(86)74-98-104(93,94)100-78-81(76-96-83(88)70-66-62-58-54-50-46-32-28-24-20-16-12-8-4)102-85(90)72-68-64-60-56-52-48-44-42-40-38-36-34-30-26-22-18-14-10-6-2/h9,13,21-22,25-27,31,33-36,39-42,47-48,51-52,60,64,79-81,86H,5-8,10-12,14-20,23-24,28-30,32,37-38,43-46,49-50,53-59,61-63,65-78H2,1-4H3,(H,91,92)(H,93,94)/b13-9-,25-21-,26-22-,31-27-,35-33-,36-34-,41-39-,42-40-,51-47-,52-48-,64-60-/t79-,80-,81-/m1/s1. The molecule has 2 unspecified atom stereocenters. The van der Waals surface area contributed by atoms with E-state index in [1.807, 2.05) is 18.2 Å². The van der Waals surface area contributed by atoms with Gasteiger partial charge in [-0.3, -0.25) is 37.3 Å². The first-order chi connectivity index (χ1) is 50.7. The molecule has 0 aromatic carbocycles. The minimum atomic E-state index is -5.00. The summed E-state index contributed by atoms with van der Waals surface area (Å²) in [5.41, 5.74) is 0. The highest BCUT2D eigenvalue weighted by Gasteiger charge is 2.30. The van der Waals surface area contributed by atoms with Crippen molar-refractivity contribution in [1.82, 2.24) is 0 Å². The van der Waals surface area contributed by atoms with Crippen LogP contribution < -0.4 is 0 Å². The SMILES string of the molecule is CC/C=C\C/C=C\C/C=C\C/C=C\C/C=C\CCCCCC(=O)O[C@H](COC(=O)CCCCCCC/C=C\CCCCCC)COP(=O)(O)OC[C@@H](O)COP(=O)(O)OC[C@@H](COC(=O)CCCCCCCCCCCCCCC)OC(=O)CC/C=C\C/C=C\C/C=C\C/C=C\C/C=C\CCCCC. The zero-order chi connectivity index (χ0) is 76.0. The lowest BCUT2D eigenvalue weighted by molar-refractivity contribution is -0.161. The molecule has 0 saturated carbocycles. The topological polar surface area (TPSA) is 237 Å². The average molecular weight is 1500 g/mol. The number of unbranched alkanes of at least 4 members (excludes halogenated alkanes) is 27.